The van der Waals surface area contributed by atoms with E-state index in [-0.39, 0.29) is 0 Å². The van der Waals surface area contributed by atoms with Gasteiger partial charge < -0.3 is 10.2 Å². The lowest BCUT2D eigenvalue weighted by atomic mass is 9.97. The maximum atomic E-state index is 4.47. The lowest BCUT2D eigenvalue weighted by Gasteiger charge is -2.22. The number of aromatic nitrogens is 1. The Morgan fingerprint density at radius 3 is 2.29 bits per heavy atom. The smallest absolute Gasteiger partial charge is 0.128 e. The molecule has 1 atom stereocenters. The molecule has 0 aliphatic carbocycles. The van der Waals surface area contributed by atoms with Crippen LogP contribution in [-0.2, 0) is 0 Å². The molecule has 1 aromatic carbocycles. The molecule has 3 nitrogen and oxygen atoms in total. The fraction of sp³-hybridized carbons (Fsp3) is 0.389. The van der Waals surface area contributed by atoms with E-state index in [9.17, 15) is 0 Å². The molecular weight excluding hydrogens is 258 g/mol. The standard InChI is InChI=1S/C18H25N3/c1-14(2)12-17(15-8-6-5-7-9-15)20-16-10-11-18(19-13-16)21(3)4/h5-11,13-14,17,20H,12H2,1-4H3. The average Bonchev–Trinajstić information content (AvgIpc) is 2.47. The number of pyridine rings is 1. The summed E-state index contributed by atoms with van der Waals surface area (Å²) in [5, 5.41) is 3.61. The van der Waals surface area contributed by atoms with Gasteiger partial charge in [-0.05, 0) is 30.0 Å². The first-order valence-electron chi connectivity index (χ1n) is 7.51. The molecule has 1 aromatic heterocycles. The van der Waals surface area contributed by atoms with Crippen molar-refractivity contribution in [2.24, 2.45) is 5.92 Å². The molecule has 112 valence electrons. The lowest BCUT2D eigenvalue weighted by molar-refractivity contribution is 0.531. The quantitative estimate of drug-likeness (QED) is 0.854. The Morgan fingerprint density at radius 2 is 1.76 bits per heavy atom. The van der Waals surface area contributed by atoms with Crippen LogP contribution in [0.15, 0.2) is 48.7 Å². The second-order valence-corrected chi connectivity index (χ2v) is 6.04. The largest absolute Gasteiger partial charge is 0.377 e. The van der Waals surface area contributed by atoms with Gasteiger partial charge >= 0.3 is 0 Å². The Morgan fingerprint density at radius 1 is 1.05 bits per heavy atom. The van der Waals surface area contributed by atoms with Crippen LogP contribution in [0.25, 0.3) is 0 Å². The zero-order valence-corrected chi connectivity index (χ0v) is 13.4. The Kier molecular flexibility index (Phi) is 5.20. The number of rotatable bonds is 6. The van der Waals surface area contributed by atoms with Crippen molar-refractivity contribution in [3.8, 4) is 0 Å². The van der Waals surface area contributed by atoms with Gasteiger partial charge in [0.2, 0.25) is 0 Å². The molecule has 21 heavy (non-hydrogen) atoms. The average molecular weight is 283 g/mol. The summed E-state index contributed by atoms with van der Waals surface area (Å²) in [5.74, 6) is 1.61. The van der Waals surface area contributed by atoms with Crippen LogP contribution in [0.2, 0.25) is 0 Å². The molecule has 1 N–H and O–H groups in total. The zero-order valence-electron chi connectivity index (χ0n) is 13.4. The monoisotopic (exact) mass is 283 g/mol. The van der Waals surface area contributed by atoms with Crippen LogP contribution in [0.1, 0.15) is 31.9 Å². The van der Waals surface area contributed by atoms with Crippen LogP contribution >= 0.6 is 0 Å². The third-order valence-corrected chi connectivity index (χ3v) is 3.46. The first kappa shape index (κ1) is 15.4. The summed E-state index contributed by atoms with van der Waals surface area (Å²) in [6, 6.07) is 15.1. The van der Waals surface area contributed by atoms with E-state index in [0.29, 0.717) is 12.0 Å². The minimum atomic E-state index is 0.318. The van der Waals surface area contributed by atoms with Crippen LogP contribution in [0.4, 0.5) is 11.5 Å². The van der Waals surface area contributed by atoms with Gasteiger partial charge in [0.25, 0.3) is 0 Å². The van der Waals surface area contributed by atoms with Crippen molar-refractivity contribution in [2.45, 2.75) is 26.3 Å². The molecule has 1 unspecified atom stereocenters. The van der Waals surface area contributed by atoms with Crippen LogP contribution in [0.3, 0.4) is 0 Å². The van der Waals surface area contributed by atoms with Gasteiger partial charge in [-0.15, -0.1) is 0 Å². The maximum Gasteiger partial charge on any atom is 0.128 e. The molecule has 0 fully saturated rings. The minimum Gasteiger partial charge on any atom is -0.377 e. The fourth-order valence-corrected chi connectivity index (χ4v) is 2.37. The maximum absolute atomic E-state index is 4.47. The number of benzene rings is 1. The molecule has 2 rings (SSSR count). The second-order valence-electron chi connectivity index (χ2n) is 6.04. The van der Waals surface area contributed by atoms with E-state index >= 15 is 0 Å². The molecule has 2 aromatic rings. The van der Waals surface area contributed by atoms with Crippen molar-refractivity contribution >= 4 is 11.5 Å². The van der Waals surface area contributed by atoms with E-state index in [1.165, 1.54) is 5.56 Å². The predicted molar refractivity (Wildman–Crippen MR) is 90.8 cm³/mol. The zero-order chi connectivity index (χ0) is 15.2. The molecular formula is C18H25N3. The normalized spacial score (nSPS) is 12.2. The van der Waals surface area contributed by atoms with Gasteiger partial charge in [0.1, 0.15) is 5.82 Å². The summed E-state index contributed by atoms with van der Waals surface area (Å²) < 4.78 is 0. The SMILES string of the molecule is CC(C)CC(Nc1ccc(N(C)C)nc1)c1ccccc1. The molecule has 3 heteroatoms. The predicted octanol–water partition coefficient (Wildman–Crippen LogP) is 4.35. The van der Waals surface area contributed by atoms with Crippen molar-refractivity contribution in [1.29, 1.82) is 0 Å². The summed E-state index contributed by atoms with van der Waals surface area (Å²) >= 11 is 0. The first-order chi connectivity index (χ1) is 10.1. The number of anilines is 2. The Hall–Kier alpha value is -2.03. The van der Waals surface area contributed by atoms with Gasteiger partial charge in [-0.2, -0.15) is 0 Å². The van der Waals surface area contributed by atoms with Crippen molar-refractivity contribution in [1.82, 2.24) is 4.98 Å². The van der Waals surface area contributed by atoms with Gasteiger partial charge in [0.05, 0.1) is 17.9 Å². The molecule has 1 heterocycles. The highest BCUT2D eigenvalue weighted by Gasteiger charge is 2.13. The Balaban J connectivity index is 2.15. The van der Waals surface area contributed by atoms with Crippen LogP contribution < -0.4 is 10.2 Å². The summed E-state index contributed by atoms with van der Waals surface area (Å²) in [6.45, 7) is 4.51. The van der Waals surface area contributed by atoms with Crippen molar-refractivity contribution in [3.63, 3.8) is 0 Å². The summed E-state index contributed by atoms with van der Waals surface area (Å²) in [5.41, 5.74) is 2.39. The Bertz CT molecular complexity index is 532. The summed E-state index contributed by atoms with van der Waals surface area (Å²) in [4.78, 5) is 6.47. The highest BCUT2D eigenvalue weighted by Crippen LogP contribution is 2.26. The van der Waals surface area contributed by atoms with Gasteiger partial charge in [-0.3, -0.25) is 0 Å². The number of hydrogen-bond donors (Lipinski definition) is 1. The number of nitrogens with zero attached hydrogens (tertiary/aromatic N) is 2. The van der Waals surface area contributed by atoms with Gasteiger partial charge in [-0.1, -0.05) is 44.2 Å². The van der Waals surface area contributed by atoms with E-state index in [1.54, 1.807) is 0 Å². The topological polar surface area (TPSA) is 28.2 Å². The van der Waals surface area contributed by atoms with E-state index in [4.69, 9.17) is 0 Å². The van der Waals surface area contributed by atoms with Crippen molar-refractivity contribution in [3.05, 3.63) is 54.2 Å². The molecule has 0 aliphatic rings. The van der Waals surface area contributed by atoms with E-state index in [1.807, 2.05) is 31.3 Å². The number of nitrogens with one attached hydrogen (secondary N) is 1. The molecule has 0 amide bonds. The van der Waals surface area contributed by atoms with Crippen molar-refractivity contribution < 1.29 is 0 Å². The minimum absolute atomic E-state index is 0.318. The van der Waals surface area contributed by atoms with Gasteiger partial charge in [0.15, 0.2) is 0 Å². The highest BCUT2D eigenvalue weighted by atomic mass is 15.1. The molecule has 0 aliphatic heterocycles. The first-order valence-corrected chi connectivity index (χ1v) is 7.51. The summed E-state index contributed by atoms with van der Waals surface area (Å²) in [6.07, 6.45) is 3.01. The van der Waals surface area contributed by atoms with Gasteiger partial charge in [-0.25, -0.2) is 4.98 Å². The third-order valence-electron chi connectivity index (χ3n) is 3.46. The highest BCUT2D eigenvalue weighted by molar-refractivity contribution is 5.49. The van der Waals surface area contributed by atoms with Crippen LogP contribution in [-0.4, -0.2) is 19.1 Å². The third kappa shape index (κ3) is 4.48. The lowest BCUT2D eigenvalue weighted by Crippen LogP contribution is -2.14. The van der Waals surface area contributed by atoms with Crippen LogP contribution in [0, 0.1) is 5.92 Å². The molecule has 0 saturated carbocycles. The molecule has 0 saturated heterocycles. The number of hydrogen-bond acceptors (Lipinski definition) is 3. The van der Waals surface area contributed by atoms with Crippen LogP contribution in [0.5, 0.6) is 0 Å². The molecule has 0 spiro atoms. The fourth-order valence-electron chi connectivity index (χ4n) is 2.37. The van der Waals surface area contributed by atoms with Gasteiger partial charge in [0, 0.05) is 14.1 Å². The van der Waals surface area contributed by atoms with Crippen molar-refractivity contribution in [2.75, 3.05) is 24.3 Å². The van der Waals surface area contributed by atoms with E-state index in [2.05, 4.69) is 60.5 Å². The van der Waals surface area contributed by atoms with E-state index < -0.39 is 0 Å². The molecule has 0 bridgehead atoms. The summed E-state index contributed by atoms with van der Waals surface area (Å²) in [7, 11) is 4.00. The Labute approximate surface area is 128 Å². The van der Waals surface area contributed by atoms with E-state index in [0.717, 1.165) is 17.9 Å². The second kappa shape index (κ2) is 7.11. The molecule has 0 radical (unpaired) electrons.